The molecule has 1 saturated carbocycles. The summed E-state index contributed by atoms with van der Waals surface area (Å²) >= 11 is 0. The minimum absolute atomic E-state index is 0.00267. The molecule has 3 atom stereocenters. The predicted molar refractivity (Wildman–Crippen MR) is 81.3 cm³/mol. The van der Waals surface area contributed by atoms with Crippen molar-refractivity contribution in [1.29, 1.82) is 0 Å². The Labute approximate surface area is 138 Å². The van der Waals surface area contributed by atoms with Crippen molar-refractivity contribution in [3.63, 3.8) is 0 Å². The van der Waals surface area contributed by atoms with Crippen molar-refractivity contribution >= 4 is 5.91 Å². The first kappa shape index (κ1) is 18.5. The third-order valence-electron chi connectivity index (χ3n) is 4.04. The number of alkyl halides is 3. The van der Waals surface area contributed by atoms with Gasteiger partial charge in [0.15, 0.2) is 0 Å². The molecule has 1 amide bonds. The molecule has 1 fully saturated rings. The molecule has 0 aromatic heterocycles. The van der Waals surface area contributed by atoms with Gasteiger partial charge in [0.1, 0.15) is 18.5 Å². The lowest BCUT2D eigenvalue weighted by Crippen LogP contribution is -2.42. The lowest BCUT2D eigenvalue weighted by atomic mass is 10.0. The lowest BCUT2D eigenvalue weighted by molar-refractivity contribution is -0.137. The van der Waals surface area contributed by atoms with Crippen LogP contribution in [0.4, 0.5) is 13.2 Å². The molecule has 5 nitrogen and oxygen atoms in total. The zero-order chi connectivity index (χ0) is 17.7. The summed E-state index contributed by atoms with van der Waals surface area (Å²) in [7, 11) is 0. The Hall–Kier alpha value is -1.80. The smallest absolute Gasteiger partial charge is 0.416 e. The summed E-state index contributed by atoms with van der Waals surface area (Å²) in [6.07, 6.45) is -2.89. The fourth-order valence-electron chi connectivity index (χ4n) is 2.66. The van der Waals surface area contributed by atoms with Crippen molar-refractivity contribution in [2.45, 2.75) is 37.6 Å². The van der Waals surface area contributed by atoms with Crippen LogP contribution in [0.5, 0.6) is 5.75 Å². The van der Waals surface area contributed by atoms with Gasteiger partial charge < -0.3 is 20.9 Å². The van der Waals surface area contributed by atoms with Gasteiger partial charge in [0, 0.05) is 12.6 Å². The second-order valence-corrected chi connectivity index (χ2v) is 5.93. The van der Waals surface area contributed by atoms with E-state index >= 15 is 0 Å². The van der Waals surface area contributed by atoms with Gasteiger partial charge in [-0.05, 0) is 37.1 Å². The molecule has 1 aliphatic carbocycles. The van der Waals surface area contributed by atoms with E-state index in [4.69, 9.17) is 10.5 Å². The first-order chi connectivity index (χ1) is 11.3. The molecule has 0 heterocycles. The second-order valence-electron chi connectivity index (χ2n) is 5.93. The Bertz CT molecular complexity index is 548. The average molecular weight is 346 g/mol. The topological polar surface area (TPSA) is 84.6 Å². The molecule has 0 bridgehead atoms. The van der Waals surface area contributed by atoms with E-state index in [9.17, 15) is 23.1 Å². The maximum Gasteiger partial charge on any atom is 0.416 e. The summed E-state index contributed by atoms with van der Waals surface area (Å²) in [5.74, 6) is -0.201. The number of carbonyl (C=O) groups is 1. The monoisotopic (exact) mass is 346 g/mol. The van der Waals surface area contributed by atoms with Crippen LogP contribution in [0, 0.1) is 5.92 Å². The highest BCUT2D eigenvalue weighted by Crippen LogP contribution is 2.30. The number of halogens is 3. The SMILES string of the molecule is N[C@@H]1CCC[C@@H]1C(=O)NCC(O)COc1ccc(C(F)(F)F)cc1. The average Bonchev–Trinajstić information content (AvgIpc) is 2.96. The van der Waals surface area contributed by atoms with Crippen LogP contribution >= 0.6 is 0 Å². The van der Waals surface area contributed by atoms with Crippen molar-refractivity contribution in [3.8, 4) is 5.75 Å². The summed E-state index contributed by atoms with van der Waals surface area (Å²) in [6.45, 7) is -0.134. The van der Waals surface area contributed by atoms with E-state index in [2.05, 4.69) is 5.32 Å². The quantitative estimate of drug-likeness (QED) is 0.732. The van der Waals surface area contributed by atoms with E-state index in [0.717, 1.165) is 31.4 Å². The minimum Gasteiger partial charge on any atom is -0.491 e. The van der Waals surface area contributed by atoms with Gasteiger partial charge in [0.05, 0.1) is 11.5 Å². The Morgan fingerprint density at radius 3 is 2.54 bits per heavy atom. The molecule has 0 spiro atoms. The molecule has 0 radical (unpaired) electrons. The molecular weight excluding hydrogens is 325 g/mol. The van der Waals surface area contributed by atoms with Crippen LogP contribution in [0.25, 0.3) is 0 Å². The molecule has 0 aliphatic heterocycles. The number of benzene rings is 1. The number of nitrogens with two attached hydrogens (primary N) is 1. The van der Waals surface area contributed by atoms with Crippen molar-refractivity contribution in [2.75, 3.05) is 13.2 Å². The highest BCUT2D eigenvalue weighted by molar-refractivity contribution is 5.79. The zero-order valence-corrected chi connectivity index (χ0v) is 13.1. The molecule has 1 aromatic rings. The summed E-state index contributed by atoms with van der Waals surface area (Å²) in [6, 6.07) is 4.04. The molecule has 1 aliphatic rings. The standard InChI is InChI=1S/C16H21F3N2O3/c17-16(18,19)10-4-6-12(7-5-10)24-9-11(22)8-21-15(23)13-2-1-3-14(13)20/h4-7,11,13-14,22H,1-3,8-9,20H2,(H,21,23)/t11?,13-,14+/m0/s1. The van der Waals surface area contributed by atoms with Gasteiger partial charge in [-0.3, -0.25) is 4.79 Å². The fourth-order valence-corrected chi connectivity index (χ4v) is 2.66. The number of amides is 1. The number of aliphatic hydroxyl groups excluding tert-OH is 1. The van der Waals surface area contributed by atoms with Crippen LogP contribution < -0.4 is 15.8 Å². The molecule has 134 valence electrons. The number of hydrogen-bond acceptors (Lipinski definition) is 4. The zero-order valence-electron chi connectivity index (χ0n) is 13.1. The summed E-state index contributed by atoms with van der Waals surface area (Å²) < 4.78 is 42.5. The molecule has 4 N–H and O–H groups in total. The predicted octanol–water partition coefficient (Wildman–Crippen LogP) is 1.69. The largest absolute Gasteiger partial charge is 0.491 e. The maximum atomic E-state index is 12.4. The third-order valence-corrected chi connectivity index (χ3v) is 4.04. The fraction of sp³-hybridized carbons (Fsp3) is 0.562. The Morgan fingerprint density at radius 2 is 2.00 bits per heavy atom. The van der Waals surface area contributed by atoms with E-state index in [-0.39, 0.29) is 36.8 Å². The molecule has 0 saturated heterocycles. The van der Waals surface area contributed by atoms with Crippen molar-refractivity contribution in [2.24, 2.45) is 11.7 Å². The number of hydrogen-bond donors (Lipinski definition) is 3. The number of nitrogens with one attached hydrogen (secondary N) is 1. The molecule has 1 unspecified atom stereocenters. The van der Waals surface area contributed by atoms with E-state index in [1.54, 1.807) is 0 Å². The van der Waals surface area contributed by atoms with Crippen LogP contribution in [0.1, 0.15) is 24.8 Å². The van der Waals surface area contributed by atoms with E-state index in [0.29, 0.717) is 0 Å². The lowest BCUT2D eigenvalue weighted by Gasteiger charge is -2.17. The third kappa shape index (κ3) is 5.10. The normalized spacial score (nSPS) is 22.2. The van der Waals surface area contributed by atoms with Gasteiger partial charge in [-0.25, -0.2) is 0 Å². The summed E-state index contributed by atoms with van der Waals surface area (Å²) in [5, 5.41) is 12.4. The van der Waals surface area contributed by atoms with Gasteiger partial charge in [-0.1, -0.05) is 6.42 Å². The van der Waals surface area contributed by atoms with Crippen LogP contribution in [-0.2, 0) is 11.0 Å². The number of rotatable bonds is 6. The van der Waals surface area contributed by atoms with Gasteiger partial charge in [0.25, 0.3) is 0 Å². The Morgan fingerprint density at radius 1 is 1.33 bits per heavy atom. The van der Waals surface area contributed by atoms with Crippen molar-refractivity contribution in [1.82, 2.24) is 5.32 Å². The number of carbonyl (C=O) groups excluding carboxylic acids is 1. The van der Waals surface area contributed by atoms with E-state index < -0.39 is 17.8 Å². The maximum absolute atomic E-state index is 12.4. The highest BCUT2D eigenvalue weighted by Gasteiger charge is 2.31. The Kier molecular flexibility index (Phi) is 6.06. The summed E-state index contributed by atoms with van der Waals surface area (Å²) in [4.78, 5) is 11.9. The highest BCUT2D eigenvalue weighted by atomic mass is 19.4. The van der Waals surface area contributed by atoms with Crippen molar-refractivity contribution < 1.29 is 27.8 Å². The van der Waals surface area contributed by atoms with E-state index in [1.165, 1.54) is 12.1 Å². The molecule has 1 aromatic carbocycles. The minimum atomic E-state index is -4.40. The van der Waals surface area contributed by atoms with E-state index in [1.807, 2.05) is 0 Å². The molecular formula is C16H21F3N2O3. The molecule has 24 heavy (non-hydrogen) atoms. The van der Waals surface area contributed by atoms with Crippen LogP contribution in [0.2, 0.25) is 0 Å². The molecule has 2 rings (SSSR count). The first-order valence-electron chi connectivity index (χ1n) is 7.79. The Balaban J connectivity index is 1.73. The van der Waals surface area contributed by atoms with Gasteiger partial charge in [0.2, 0.25) is 5.91 Å². The second kappa shape index (κ2) is 7.85. The van der Waals surface area contributed by atoms with Crippen LogP contribution in [0.15, 0.2) is 24.3 Å². The van der Waals surface area contributed by atoms with Gasteiger partial charge >= 0.3 is 6.18 Å². The number of ether oxygens (including phenoxy) is 1. The van der Waals surface area contributed by atoms with Crippen LogP contribution in [-0.4, -0.2) is 36.3 Å². The first-order valence-corrected chi connectivity index (χ1v) is 7.79. The molecule has 8 heteroatoms. The van der Waals surface area contributed by atoms with Crippen molar-refractivity contribution in [3.05, 3.63) is 29.8 Å². The van der Waals surface area contributed by atoms with Crippen LogP contribution in [0.3, 0.4) is 0 Å². The van der Waals surface area contributed by atoms with Gasteiger partial charge in [-0.2, -0.15) is 13.2 Å². The summed E-state index contributed by atoms with van der Waals surface area (Å²) in [5.41, 5.74) is 5.07. The van der Waals surface area contributed by atoms with Gasteiger partial charge in [-0.15, -0.1) is 0 Å². The number of aliphatic hydroxyl groups is 1.